The zero-order chi connectivity index (χ0) is 26.8. The third kappa shape index (κ3) is 4.80. The average Bonchev–Trinajstić information content (AvgIpc) is 3.58. The molecule has 2 heterocycles. The lowest BCUT2D eigenvalue weighted by atomic mass is 10.00. The van der Waals surface area contributed by atoms with Crippen LogP contribution in [0.15, 0.2) is 83.7 Å². The van der Waals surface area contributed by atoms with Crippen LogP contribution in [0.2, 0.25) is 0 Å². The third-order valence-corrected chi connectivity index (χ3v) is 6.69. The van der Waals surface area contributed by atoms with E-state index in [0.717, 1.165) is 22.3 Å². The first-order valence-corrected chi connectivity index (χ1v) is 12.3. The normalized spacial score (nSPS) is 13.4. The molecule has 1 aliphatic heterocycles. The fourth-order valence-corrected chi connectivity index (χ4v) is 4.70. The molecule has 4 aromatic rings. The van der Waals surface area contributed by atoms with E-state index in [-0.39, 0.29) is 17.7 Å². The third-order valence-electron chi connectivity index (χ3n) is 6.69. The minimum atomic E-state index is -0.635. The van der Waals surface area contributed by atoms with Gasteiger partial charge in [-0.1, -0.05) is 50.2 Å². The number of hydrogen-bond acceptors (Lipinski definition) is 6. The van der Waals surface area contributed by atoms with Crippen molar-refractivity contribution in [2.24, 2.45) is 5.92 Å². The van der Waals surface area contributed by atoms with E-state index >= 15 is 0 Å². The van der Waals surface area contributed by atoms with Gasteiger partial charge in [-0.15, -0.1) is 0 Å². The van der Waals surface area contributed by atoms with Gasteiger partial charge in [0, 0.05) is 28.9 Å². The van der Waals surface area contributed by atoms with Crippen LogP contribution in [0.5, 0.6) is 0 Å². The monoisotopic (exact) mass is 509 g/mol. The topological polar surface area (TPSA) is 102 Å². The lowest BCUT2D eigenvalue weighted by Gasteiger charge is -2.28. The highest BCUT2D eigenvalue weighted by molar-refractivity contribution is 6.04. The minimum Gasteiger partial charge on any atom is -0.467 e. The summed E-state index contributed by atoms with van der Waals surface area (Å²) in [5, 5.41) is 2.91. The number of carbonyl (C=O) groups excluding carboxylic acids is 3. The van der Waals surface area contributed by atoms with Crippen LogP contribution >= 0.6 is 0 Å². The number of carbonyl (C=O) groups is 3. The minimum absolute atomic E-state index is 0.0748. The molecule has 0 aliphatic carbocycles. The fraction of sp³-hybridized carbons (Fsp3) is 0.200. The van der Waals surface area contributed by atoms with Crippen LogP contribution in [-0.4, -0.2) is 40.8 Å². The Morgan fingerprint density at radius 2 is 1.66 bits per heavy atom. The molecule has 1 N–H and O–H groups in total. The largest absolute Gasteiger partial charge is 0.467 e. The van der Waals surface area contributed by atoms with Crippen molar-refractivity contribution in [1.82, 2.24) is 9.88 Å². The first kappa shape index (κ1) is 25.0. The van der Waals surface area contributed by atoms with Gasteiger partial charge in [0.2, 0.25) is 0 Å². The van der Waals surface area contributed by atoms with Crippen molar-refractivity contribution in [3.63, 3.8) is 0 Å². The number of aromatic nitrogens is 1. The van der Waals surface area contributed by atoms with Crippen LogP contribution in [0.3, 0.4) is 0 Å². The molecule has 0 unspecified atom stereocenters. The summed E-state index contributed by atoms with van der Waals surface area (Å²) in [5.74, 6) is -0.254. The van der Waals surface area contributed by atoms with E-state index in [1.807, 2.05) is 68.4 Å². The fourth-order valence-electron chi connectivity index (χ4n) is 4.70. The molecule has 1 aromatic heterocycles. The van der Waals surface area contributed by atoms with E-state index in [1.165, 1.54) is 13.5 Å². The Morgan fingerprint density at radius 1 is 0.974 bits per heavy atom. The number of oxazole rings is 1. The second-order valence-electron chi connectivity index (χ2n) is 9.49. The van der Waals surface area contributed by atoms with Gasteiger partial charge in [0.05, 0.1) is 13.3 Å². The highest BCUT2D eigenvalue weighted by Crippen LogP contribution is 2.32. The van der Waals surface area contributed by atoms with Crippen LogP contribution < -0.4 is 5.32 Å². The summed E-state index contributed by atoms with van der Waals surface area (Å²) in [7, 11) is 1.34. The molecule has 0 spiro atoms. The van der Waals surface area contributed by atoms with E-state index in [1.54, 1.807) is 23.2 Å². The molecule has 1 aliphatic rings. The maximum Gasteiger partial charge on any atom is 0.328 e. The van der Waals surface area contributed by atoms with Crippen molar-refractivity contribution >= 4 is 23.5 Å². The van der Waals surface area contributed by atoms with Crippen LogP contribution in [0.4, 0.5) is 5.69 Å². The average molecular weight is 510 g/mol. The second-order valence-corrected chi connectivity index (χ2v) is 9.49. The van der Waals surface area contributed by atoms with Crippen LogP contribution in [-0.2, 0) is 16.1 Å². The first-order valence-electron chi connectivity index (χ1n) is 12.3. The Labute approximate surface area is 220 Å². The zero-order valence-corrected chi connectivity index (χ0v) is 21.3. The van der Waals surface area contributed by atoms with Crippen LogP contribution in [0.1, 0.15) is 40.1 Å². The Balaban J connectivity index is 1.28. The Kier molecular flexibility index (Phi) is 6.79. The number of methoxy groups -OCH3 is 1. The molecule has 8 nitrogen and oxygen atoms in total. The number of esters is 1. The van der Waals surface area contributed by atoms with Crippen LogP contribution in [0, 0.1) is 5.92 Å². The van der Waals surface area contributed by atoms with Crippen molar-refractivity contribution in [2.75, 3.05) is 12.4 Å². The van der Waals surface area contributed by atoms with E-state index in [2.05, 4.69) is 10.3 Å². The summed E-state index contributed by atoms with van der Waals surface area (Å²) in [6, 6.07) is 19.6. The van der Waals surface area contributed by atoms with Gasteiger partial charge in [-0.05, 0) is 52.9 Å². The van der Waals surface area contributed by atoms with Gasteiger partial charge in [0.1, 0.15) is 6.04 Å². The predicted molar refractivity (Wildman–Crippen MR) is 142 cm³/mol. The molecule has 0 bridgehead atoms. The van der Waals surface area contributed by atoms with Gasteiger partial charge in [-0.3, -0.25) is 9.59 Å². The number of hydrogen-bond donors (Lipinski definition) is 1. The van der Waals surface area contributed by atoms with E-state index in [0.29, 0.717) is 29.1 Å². The lowest BCUT2D eigenvalue weighted by molar-refractivity contribution is -0.147. The summed E-state index contributed by atoms with van der Waals surface area (Å²) >= 11 is 0. The molecular weight excluding hydrogens is 482 g/mol. The maximum absolute atomic E-state index is 13.2. The Bertz CT molecular complexity index is 1480. The standard InChI is InChI=1S/C30H27N3O5/c1-18(2)27(30(36)37-3)33-16-23-9-8-22(14-25(23)29(33)35)19-10-12-24(13-11-19)32-28(34)21-6-4-20(5-7-21)26-15-31-17-38-26/h4-15,17-18,27H,16H2,1-3H3,(H,32,34)/t27-/m0/s1. The summed E-state index contributed by atoms with van der Waals surface area (Å²) < 4.78 is 10.2. The van der Waals surface area contributed by atoms with Gasteiger partial charge in [-0.25, -0.2) is 9.78 Å². The van der Waals surface area contributed by atoms with Crippen molar-refractivity contribution in [1.29, 1.82) is 0 Å². The number of nitrogens with zero attached hydrogens (tertiary/aromatic N) is 2. The Hall–Kier alpha value is -4.72. The van der Waals surface area contributed by atoms with Crippen molar-refractivity contribution in [3.8, 4) is 22.5 Å². The second kappa shape index (κ2) is 10.3. The lowest BCUT2D eigenvalue weighted by Crippen LogP contribution is -2.45. The van der Waals surface area contributed by atoms with E-state index in [9.17, 15) is 14.4 Å². The Morgan fingerprint density at radius 3 is 2.29 bits per heavy atom. The van der Waals surface area contributed by atoms with Crippen molar-refractivity contribution in [2.45, 2.75) is 26.4 Å². The van der Waals surface area contributed by atoms with Gasteiger partial charge in [0.15, 0.2) is 12.2 Å². The molecule has 0 saturated heterocycles. The highest BCUT2D eigenvalue weighted by atomic mass is 16.5. The molecule has 0 fully saturated rings. The number of anilines is 1. The number of benzene rings is 3. The maximum atomic E-state index is 13.2. The van der Waals surface area contributed by atoms with Gasteiger partial charge >= 0.3 is 5.97 Å². The number of nitrogens with one attached hydrogen (secondary N) is 1. The van der Waals surface area contributed by atoms with Gasteiger partial charge in [-0.2, -0.15) is 0 Å². The predicted octanol–water partition coefficient (Wildman–Crippen LogP) is 5.41. The molecule has 8 heteroatoms. The number of amides is 2. The molecular formula is C30H27N3O5. The molecule has 38 heavy (non-hydrogen) atoms. The SMILES string of the molecule is COC(=O)[C@H](C(C)C)N1Cc2ccc(-c3ccc(NC(=O)c4ccc(-c5cnco5)cc4)cc3)cc2C1=O. The molecule has 0 radical (unpaired) electrons. The quantitative estimate of drug-likeness (QED) is 0.334. The van der Waals surface area contributed by atoms with Crippen molar-refractivity contribution < 1.29 is 23.5 Å². The number of ether oxygens (including phenoxy) is 1. The highest BCUT2D eigenvalue weighted by Gasteiger charge is 2.38. The summed E-state index contributed by atoms with van der Waals surface area (Å²) in [6.07, 6.45) is 2.98. The number of fused-ring (bicyclic) bond motifs is 1. The smallest absolute Gasteiger partial charge is 0.328 e. The molecule has 3 aromatic carbocycles. The first-order chi connectivity index (χ1) is 18.4. The molecule has 5 rings (SSSR count). The molecule has 2 amide bonds. The molecule has 0 saturated carbocycles. The van der Waals surface area contributed by atoms with Gasteiger partial charge in [0.25, 0.3) is 11.8 Å². The summed E-state index contributed by atoms with van der Waals surface area (Å²) in [6.45, 7) is 4.17. The van der Waals surface area contributed by atoms with Gasteiger partial charge < -0.3 is 19.4 Å². The molecule has 1 atom stereocenters. The van der Waals surface area contributed by atoms with Crippen molar-refractivity contribution in [3.05, 3.63) is 96.0 Å². The molecule has 192 valence electrons. The van der Waals surface area contributed by atoms with E-state index < -0.39 is 12.0 Å². The zero-order valence-electron chi connectivity index (χ0n) is 21.3. The van der Waals surface area contributed by atoms with E-state index in [4.69, 9.17) is 9.15 Å². The summed E-state index contributed by atoms with van der Waals surface area (Å²) in [5.41, 5.74) is 5.25. The number of rotatable bonds is 7. The van der Waals surface area contributed by atoms with Crippen LogP contribution in [0.25, 0.3) is 22.5 Å². The summed E-state index contributed by atoms with van der Waals surface area (Å²) in [4.78, 5) is 43.7.